The van der Waals surface area contributed by atoms with E-state index >= 15 is 0 Å². The summed E-state index contributed by atoms with van der Waals surface area (Å²) in [6, 6.07) is 2.48. The Balaban J connectivity index is 0.00000161. The Morgan fingerprint density at radius 1 is 1.19 bits per heavy atom. The molecule has 2 aliphatic rings. The van der Waals surface area contributed by atoms with Crippen molar-refractivity contribution in [2.75, 3.05) is 38.1 Å². The molecule has 0 aromatic carbocycles. The molecule has 0 radical (unpaired) electrons. The Morgan fingerprint density at radius 3 is 2.38 bits per heavy atom. The molecule has 1 aliphatic heterocycles. The van der Waals surface area contributed by atoms with Crippen molar-refractivity contribution in [2.24, 2.45) is 4.99 Å². The van der Waals surface area contributed by atoms with Crippen LogP contribution < -0.4 is 10.2 Å². The lowest BCUT2D eigenvalue weighted by Gasteiger charge is -2.38. The number of aliphatic imine (C=N–C) groups is 1. The summed E-state index contributed by atoms with van der Waals surface area (Å²) in [5.41, 5.74) is 0. The average Bonchev–Trinajstić information content (AvgIpc) is 2.48. The zero-order valence-corrected chi connectivity index (χ0v) is 14.7. The fraction of sp³-hybridized carbons (Fsp3) is 0.643. The van der Waals surface area contributed by atoms with Crippen LogP contribution in [0.15, 0.2) is 23.5 Å². The number of hydrogen-bond acceptors (Lipinski definition) is 4. The predicted octanol–water partition coefficient (Wildman–Crippen LogP) is 1.34. The summed E-state index contributed by atoms with van der Waals surface area (Å²) in [7, 11) is 1.87. The minimum atomic E-state index is 0. The van der Waals surface area contributed by atoms with E-state index < -0.39 is 0 Å². The monoisotopic (exact) mass is 402 g/mol. The maximum atomic E-state index is 4.41. The lowest BCUT2D eigenvalue weighted by atomic mass is 9.93. The summed E-state index contributed by atoms with van der Waals surface area (Å²) < 4.78 is 0. The van der Waals surface area contributed by atoms with Crippen molar-refractivity contribution in [3.8, 4) is 0 Å². The summed E-state index contributed by atoms with van der Waals surface area (Å²) in [5, 5.41) is 3.55. The van der Waals surface area contributed by atoms with Crippen molar-refractivity contribution >= 4 is 35.9 Å². The summed E-state index contributed by atoms with van der Waals surface area (Å²) in [6.45, 7) is 3.81. The number of guanidine groups is 1. The zero-order valence-electron chi connectivity index (χ0n) is 12.4. The molecule has 2 fully saturated rings. The van der Waals surface area contributed by atoms with Gasteiger partial charge in [0.05, 0.1) is 0 Å². The van der Waals surface area contributed by atoms with Gasteiger partial charge >= 0.3 is 0 Å². The Bertz CT molecular complexity index is 454. The van der Waals surface area contributed by atoms with Gasteiger partial charge in [-0.15, -0.1) is 24.0 Å². The quantitative estimate of drug-likeness (QED) is 0.460. The van der Waals surface area contributed by atoms with Crippen LogP contribution in [0.25, 0.3) is 0 Å². The van der Waals surface area contributed by atoms with E-state index in [1.807, 2.05) is 13.1 Å². The van der Waals surface area contributed by atoms with Crippen molar-refractivity contribution in [3.63, 3.8) is 0 Å². The van der Waals surface area contributed by atoms with Crippen LogP contribution in [0.3, 0.4) is 0 Å². The molecule has 1 saturated heterocycles. The fourth-order valence-corrected chi connectivity index (χ4v) is 2.61. The van der Waals surface area contributed by atoms with Gasteiger partial charge in [-0.05, 0) is 25.3 Å². The molecule has 0 unspecified atom stereocenters. The second kappa shape index (κ2) is 7.77. The third-order valence-electron chi connectivity index (χ3n) is 4.06. The maximum absolute atomic E-state index is 4.41. The standard InChI is InChI=1S/C14H22N6.HI/c1-15-13(18-12-4-2-5-12)19-8-10-20(11-9-19)14-16-6-3-7-17-14;/h3,6-7,12H,2,4-5,8-11H2,1H3,(H,15,18);1H. The molecule has 0 spiro atoms. The minimum Gasteiger partial charge on any atom is -0.354 e. The van der Waals surface area contributed by atoms with Crippen LogP contribution in [-0.2, 0) is 0 Å². The highest BCUT2D eigenvalue weighted by Crippen LogP contribution is 2.18. The maximum Gasteiger partial charge on any atom is 0.225 e. The van der Waals surface area contributed by atoms with Crippen LogP contribution in [0.2, 0.25) is 0 Å². The first-order valence-electron chi connectivity index (χ1n) is 7.37. The molecule has 1 N–H and O–H groups in total. The Morgan fingerprint density at radius 2 is 1.86 bits per heavy atom. The molecular weight excluding hydrogens is 379 g/mol. The smallest absolute Gasteiger partial charge is 0.225 e. The van der Waals surface area contributed by atoms with E-state index in [9.17, 15) is 0 Å². The van der Waals surface area contributed by atoms with Crippen molar-refractivity contribution in [1.82, 2.24) is 20.2 Å². The molecule has 2 heterocycles. The molecule has 0 amide bonds. The lowest BCUT2D eigenvalue weighted by Crippen LogP contribution is -2.55. The highest BCUT2D eigenvalue weighted by Gasteiger charge is 2.24. The van der Waals surface area contributed by atoms with Crippen LogP contribution in [-0.4, -0.2) is 60.1 Å². The van der Waals surface area contributed by atoms with Crippen LogP contribution in [0, 0.1) is 0 Å². The second-order valence-corrected chi connectivity index (χ2v) is 5.34. The van der Waals surface area contributed by atoms with Gasteiger partial charge < -0.3 is 15.1 Å². The van der Waals surface area contributed by atoms with Crippen molar-refractivity contribution in [1.29, 1.82) is 0 Å². The molecular formula is C14H23IN6. The first-order chi connectivity index (χ1) is 9.86. The van der Waals surface area contributed by atoms with Gasteiger partial charge in [0.15, 0.2) is 5.96 Å². The Hall–Kier alpha value is -1.12. The van der Waals surface area contributed by atoms with Crippen molar-refractivity contribution in [3.05, 3.63) is 18.5 Å². The number of halogens is 1. The van der Waals surface area contributed by atoms with Gasteiger partial charge in [-0.1, -0.05) is 0 Å². The number of aromatic nitrogens is 2. The van der Waals surface area contributed by atoms with E-state index in [-0.39, 0.29) is 24.0 Å². The SMILES string of the molecule is CN=C(NC1CCC1)N1CCN(c2ncccn2)CC1.I. The van der Waals surface area contributed by atoms with Gasteiger partial charge in [0, 0.05) is 51.7 Å². The normalized spacial score (nSPS) is 19.8. The molecule has 1 aliphatic carbocycles. The molecule has 3 rings (SSSR count). The second-order valence-electron chi connectivity index (χ2n) is 5.34. The largest absolute Gasteiger partial charge is 0.354 e. The topological polar surface area (TPSA) is 56.7 Å². The predicted molar refractivity (Wildman–Crippen MR) is 95.4 cm³/mol. The highest BCUT2D eigenvalue weighted by atomic mass is 127. The summed E-state index contributed by atoms with van der Waals surface area (Å²) in [5.74, 6) is 1.87. The van der Waals surface area contributed by atoms with Gasteiger partial charge in [0.2, 0.25) is 5.95 Å². The van der Waals surface area contributed by atoms with E-state index in [1.165, 1.54) is 19.3 Å². The van der Waals surface area contributed by atoms with Gasteiger partial charge in [-0.25, -0.2) is 9.97 Å². The molecule has 0 atom stereocenters. The molecule has 0 bridgehead atoms. The first kappa shape index (κ1) is 16.3. The van der Waals surface area contributed by atoms with Gasteiger partial charge in [0.1, 0.15) is 0 Å². The van der Waals surface area contributed by atoms with Gasteiger partial charge in [-0.3, -0.25) is 4.99 Å². The zero-order chi connectivity index (χ0) is 13.8. The summed E-state index contributed by atoms with van der Waals surface area (Å²) >= 11 is 0. The van der Waals surface area contributed by atoms with Crippen molar-refractivity contribution < 1.29 is 0 Å². The van der Waals surface area contributed by atoms with Crippen molar-refractivity contribution in [2.45, 2.75) is 25.3 Å². The molecule has 1 aromatic heterocycles. The number of rotatable bonds is 2. The molecule has 1 saturated carbocycles. The number of nitrogens with zero attached hydrogens (tertiary/aromatic N) is 5. The summed E-state index contributed by atoms with van der Waals surface area (Å²) in [4.78, 5) is 17.6. The van der Waals surface area contributed by atoms with E-state index in [1.54, 1.807) is 12.4 Å². The number of nitrogens with one attached hydrogen (secondary N) is 1. The number of piperazine rings is 1. The minimum absolute atomic E-state index is 0. The third-order valence-corrected chi connectivity index (χ3v) is 4.06. The van der Waals surface area contributed by atoms with E-state index in [2.05, 4.69) is 30.1 Å². The van der Waals surface area contributed by atoms with E-state index in [0.717, 1.165) is 38.1 Å². The average molecular weight is 402 g/mol. The van der Waals surface area contributed by atoms with Crippen LogP contribution in [0.1, 0.15) is 19.3 Å². The number of anilines is 1. The van der Waals surface area contributed by atoms with Gasteiger partial charge in [0.25, 0.3) is 0 Å². The molecule has 1 aromatic rings. The first-order valence-corrected chi connectivity index (χ1v) is 7.37. The van der Waals surface area contributed by atoms with Gasteiger partial charge in [-0.2, -0.15) is 0 Å². The Labute approximate surface area is 143 Å². The van der Waals surface area contributed by atoms with E-state index in [0.29, 0.717) is 6.04 Å². The molecule has 116 valence electrons. The lowest BCUT2D eigenvalue weighted by molar-refractivity contribution is 0.331. The van der Waals surface area contributed by atoms with E-state index in [4.69, 9.17) is 0 Å². The Kier molecular flexibility index (Phi) is 6.01. The van der Waals surface area contributed by atoms with Crippen LogP contribution >= 0.6 is 24.0 Å². The third kappa shape index (κ3) is 3.96. The van der Waals surface area contributed by atoms with Crippen LogP contribution in [0.5, 0.6) is 0 Å². The molecule has 6 nitrogen and oxygen atoms in total. The molecule has 7 heteroatoms. The summed E-state index contributed by atoms with van der Waals surface area (Å²) in [6.07, 6.45) is 7.49. The molecule has 21 heavy (non-hydrogen) atoms. The fourth-order valence-electron chi connectivity index (χ4n) is 2.61. The highest BCUT2D eigenvalue weighted by molar-refractivity contribution is 14.0. The number of hydrogen-bond donors (Lipinski definition) is 1. The van der Waals surface area contributed by atoms with Crippen LogP contribution in [0.4, 0.5) is 5.95 Å².